The lowest BCUT2D eigenvalue weighted by Gasteiger charge is -2.15. The SMILES string of the molecule is COc1ccc2ccc(OCC(=O)N[C@H](C)c3ccccc3)cc2c1. The zero-order valence-electron chi connectivity index (χ0n) is 14.4. The van der Waals surface area contributed by atoms with Crippen LogP contribution in [0.5, 0.6) is 11.5 Å². The van der Waals surface area contributed by atoms with Crippen molar-refractivity contribution in [3.05, 3.63) is 72.3 Å². The van der Waals surface area contributed by atoms with Gasteiger partial charge in [0.05, 0.1) is 13.2 Å². The van der Waals surface area contributed by atoms with Gasteiger partial charge in [-0.25, -0.2) is 0 Å². The fourth-order valence-corrected chi connectivity index (χ4v) is 2.68. The standard InChI is InChI=1S/C21H21NO3/c1-15(16-6-4-3-5-7-16)22-21(23)14-25-20-11-9-17-8-10-19(24-2)12-18(17)13-20/h3-13,15H,14H2,1-2H3,(H,22,23)/t15-/m1/s1. The molecular formula is C21H21NO3. The van der Waals surface area contributed by atoms with Crippen molar-refractivity contribution in [1.82, 2.24) is 5.32 Å². The second-order valence-corrected chi connectivity index (χ2v) is 5.86. The smallest absolute Gasteiger partial charge is 0.258 e. The Hall–Kier alpha value is -3.01. The van der Waals surface area contributed by atoms with Gasteiger partial charge in [0.15, 0.2) is 6.61 Å². The monoisotopic (exact) mass is 335 g/mol. The predicted octanol–water partition coefficient (Wildman–Crippen LogP) is 4.10. The number of hydrogen-bond acceptors (Lipinski definition) is 3. The predicted molar refractivity (Wildman–Crippen MR) is 99.0 cm³/mol. The van der Waals surface area contributed by atoms with E-state index in [9.17, 15) is 4.79 Å². The van der Waals surface area contributed by atoms with Crippen LogP contribution in [0.4, 0.5) is 0 Å². The van der Waals surface area contributed by atoms with Crippen molar-refractivity contribution >= 4 is 16.7 Å². The molecule has 0 fully saturated rings. The van der Waals surface area contributed by atoms with Gasteiger partial charge in [0, 0.05) is 0 Å². The first kappa shape index (κ1) is 16.8. The highest BCUT2D eigenvalue weighted by Crippen LogP contribution is 2.25. The summed E-state index contributed by atoms with van der Waals surface area (Å²) < 4.78 is 10.9. The van der Waals surface area contributed by atoms with Crippen molar-refractivity contribution in [3.8, 4) is 11.5 Å². The number of carbonyl (C=O) groups excluding carboxylic acids is 1. The molecule has 0 spiro atoms. The molecule has 3 aromatic carbocycles. The second-order valence-electron chi connectivity index (χ2n) is 5.86. The first-order chi connectivity index (χ1) is 12.2. The molecule has 1 atom stereocenters. The van der Waals surface area contributed by atoms with Crippen LogP contribution in [-0.2, 0) is 4.79 Å². The lowest BCUT2D eigenvalue weighted by Crippen LogP contribution is -2.31. The van der Waals surface area contributed by atoms with Crippen LogP contribution in [0.2, 0.25) is 0 Å². The van der Waals surface area contributed by atoms with Crippen molar-refractivity contribution in [1.29, 1.82) is 0 Å². The zero-order chi connectivity index (χ0) is 17.6. The summed E-state index contributed by atoms with van der Waals surface area (Å²) in [5, 5.41) is 5.04. The molecule has 0 radical (unpaired) electrons. The molecule has 0 bridgehead atoms. The van der Waals surface area contributed by atoms with Crippen molar-refractivity contribution in [3.63, 3.8) is 0 Å². The van der Waals surface area contributed by atoms with Gasteiger partial charge in [-0.1, -0.05) is 42.5 Å². The average Bonchev–Trinajstić information content (AvgIpc) is 2.66. The van der Waals surface area contributed by atoms with E-state index in [0.717, 1.165) is 22.1 Å². The second kappa shape index (κ2) is 7.71. The molecule has 0 aliphatic rings. The minimum Gasteiger partial charge on any atom is -0.497 e. The summed E-state index contributed by atoms with van der Waals surface area (Å²) in [6.07, 6.45) is 0. The van der Waals surface area contributed by atoms with Crippen LogP contribution in [0.1, 0.15) is 18.5 Å². The van der Waals surface area contributed by atoms with Gasteiger partial charge in [-0.15, -0.1) is 0 Å². The van der Waals surface area contributed by atoms with E-state index in [0.29, 0.717) is 5.75 Å². The van der Waals surface area contributed by atoms with E-state index < -0.39 is 0 Å². The molecule has 1 amide bonds. The molecule has 3 rings (SSSR count). The Morgan fingerprint density at radius 3 is 2.36 bits per heavy atom. The quantitative estimate of drug-likeness (QED) is 0.737. The number of ether oxygens (including phenoxy) is 2. The molecule has 0 aromatic heterocycles. The van der Waals surface area contributed by atoms with E-state index in [-0.39, 0.29) is 18.6 Å². The summed E-state index contributed by atoms with van der Waals surface area (Å²) in [7, 11) is 1.64. The Morgan fingerprint density at radius 1 is 0.960 bits per heavy atom. The largest absolute Gasteiger partial charge is 0.497 e. The number of carbonyl (C=O) groups is 1. The molecule has 0 saturated carbocycles. The summed E-state index contributed by atoms with van der Waals surface area (Å²) in [5.41, 5.74) is 1.06. The third kappa shape index (κ3) is 4.29. The van der Waals surface area contributed by atoms with Crippen LogP contribution in [0.15, 0.2) is 66.7 Å². The van der Waals surface area contributed by atoms with E-state index in [1.807, 2.05) is 73.7 Å². The third-order valence-electron chi connectivity index (χ3n) is 4.07. The van der Waals surface area contributed by atoms with Crippen molar-refractivity contribution in [2.45, 2.75) is 13.0 Å². The molecule has 0 unspecified atom stereocenters. The molecule has 0 aliphatic carbocycles. The molecule has 0 heterocycles. The average molecular weight is 335 g/mol. The number of rotatable bonds is 6. The van der Waals surface area contributed by atoms with Crippen LogP contribution in [0.3, 0.4) is 0 Å². The van der Waals surface area contributed by atoms with Gasteiger partial charge in [-0.05, 0) is 47.5 Å². The highest BCUT2D eigenvalue weighted by molar-refractivity contribution is 5.85. The molecule has 3 aromatic rings. The van der Waals surface area contributed by atoms with E-state index in [4.69, 9.17) is 9.47 Å². The van der Waals surface area contributed by atoms with Crippen LogP contribution in [-0.4, -0.2) is 19.6 Å². The third-order valence-corrected chi connectivity index (χ3v) is 4.07. The first-order valence-electron chi connectivity index (χ1n) is 8.20. The van der Waals surface area contributed by atoms with Crippen LogP contribution < -0.4 is 14.8 Å². The normalized spacial score (nSPS) is 11.8. The molecule has 4 heteroatoms. The topological polar surface area (TPSA) is 47.6 Å². The Bertz CT molecular complexity index is 861. The summed E-state index contributed by atoms with van der Waals surface area (Å²) in [5.74, 6) is 1.30. The van der Waals surface area contributed by atoms with Gasteiger partial charge < -0.3 is 14.8 Å². The molecule has 1 N–H and O–H groups in total. The van der Waals surface area contributed by atoms with Gasteiger partial charge in [-0.2, -0.15) is 0 Å². The van der Waals surface area contributed by atoms with E-state index in [1.165, 1.54) is 0 Å². The van der Waals surface area contributed by atoms with E-state index in [2.05, 4.69) is 5.32 Å². The fourth-order valence-electron chi connectivity index (χ4n) is 2.68. The Morgan fingerprint density at radius 2 is 1.64 bits per heavy atom. The van der Waals surface area contributed by atoms with Crippen molar-refractivity contribution in [2.75, 3.05) is 13.7 Å². The summed E-state index contributed by atoms with van der Waals surface area (Å²) >= 11 is 0. The van der Waals surface area contributed by atoms with Crippen molar-refractivity contribution in [2.24, 2.45) is 0 Å². The lowest BCUT2D eigenvalue weighted by atomic mass is 10.1. The number of nitrogens with one attached hydrogen (secondary N) is 1. The number of fused-ring (bicyclic) bond motifs is 1. The first-order valence-corrected chi connectivity index (χ1v) is 8.20. The summed E-state index contributed by atoms with van der Waals surface area (Å²) in [6, 6.07) is 21.4. The van der Waals surface area contributed by atoms with Crippen LogP contribution >= 0.6 is 0 Å². The lowest BCUT2D eigenvalue weighted by molar-refractivity contribution is -0.123. The Kier molecular flexibility index (Phi) is 5.19. The number of hydrogen-bond donors (Lipinski definition) is 1. The number of amides is 1. The molecule has 25 heavy (non-hydrogen) atoms. The zero-order valence-corrected chi connectivity index (χ0v) is 14.4. The van der Waals surface area contributed by atoms with Gasteiger partial charge in [0.1, 0.15) is 11.5 Å². The Labute approximate surface area is 147 Å². The van der Waals surface area contributed by atoms with Gasteiger partial charge >= 0.3 is 0 Å². The maximum Gasteiger partial charge on any atom is 0.258 e. The minimum absolute atomic E-state index is 0.0212. The van der Waals surface area contributed by atoms with Crippen LogP contribution in [0.25, 0.3) is 10.8 Å². The minimum atomic E-state index is -0.151. The maximum atomic E-state index is 12.1. The van der Waals surface area contributed by atoms with Gasteiger partial charge in [0.2, 0.25) is 0 Å². The summed E-state index contributed by atoms with van der Waals surface area (Å²) in [4.78, 5) is 12.1. The van der Waals surface area contributed by atoms with Crippen molar-refractivity contribution < 1.29 is 14.3 Å². The number of methoxy groups -OCH3 is 1. The Balaban J connectivity index is 1.61. The molecule has 0 aliphatic heterocycles. The highest BCUT2D eigenvalue weighted by atomic mass is 16.5. The molecule has 0 saturated heterocycles. The number of benzene rings is 3. The van der Waals surface area contributed by atoms with E-state index >= 15 is 0 Å². The molecule has 4 nitrogen and oxygen atoms in total. The van der Waals surface area contributed by atoms with E-state index in [1.54, 1.807) is 7.11 Å². The highest BCUT2D eigenvalue weighted by Gasteiger charge is 2.10. The van der Waals surface area contributed by atoms with Gasteiger partial charge in [-0.3, -0.25) is 4.79 Å². The maximum absolute atomic E-state index is 12.1. The van der Waals surface area contributed by atoms with Crippen LogP contribution in [0, 0.1) is 0 Å². The molecule has 128 valence electrons. The summed E-state index contributed by atoms with van der Waals surface area (Å²) in [6.45, 7) is 1.93. The van der Waals surface area contributed by atoms with Gasteiger partial charge in [0.25, 0.3) is 5.91 Å². The fraction of sp³-hybridized carbons (Fsp3) is 0.190. The molecular weight excluding hydrogens is 314 g/mol.